The molecule has 0 aromatic carbocycles. The van der Waals surface area contributed by atoms with E-state index in [-0.39, 0.29) is 5.54 Å². The van der Waals surface area contributed by atoms with Crippen molar-refractivity contribution in [3.63, 3.8) is 0 Å². The standard InChI is InChI=1S/C13H20N2/c1-12(2)8-5-10-11(15-12)13(9-14-10)6-3-4-7-13/h5,8,14-15H,3-4,6-7,9H2,1-2H3. The van der Waals surface area contributed by atoms with Crippen molar-refractivity contribution in [3.05, 3.63) is 23.5 Å². The maximum Gasteiger partial charge on any atom is 0.0537 e. The molecule has 0 radical (unpaired) electrons. The zero-order valence-corrected chi connectivity index (χ0v) is 9.69. The van der Waals surface area contributed by atoms with E-state index in [9.17, 15) is 0 Å². The maximum atomic E-state index is 3.72. The molecule has 15 heavy (non-hydrogen) atoms. The number of allylic oxidation sites excluding steroid dienone is 1. The fourth-order valence-corrected chi connectivity index (χ4v) is 3.20. The highest BCUT2D eigenvalue weighted by atomic mass is 15.1. The van der Waals surface area contributed by atoms with E-state index in [1.165, 1.54) is 37.1 Å². The van der Waals surface area contributed by atoms with Gasteiger partial charge in [0.2, 0.25) is 0 Å². The highest BCUT2D eigenvalue weighted by Crippen LogP contribution is 2.48. The first kappa shape index (κ1) is 9.32. The molecule has 2 heteroatoms. The lowest BCUT2D eigenvalue weighted by atomic mass is 9.82. The van der Waals surface area contributed by atoms with Gasteiger partial charge in [0.25, 0.3) is 0 Å². The van der Waals surface area contributed by atoms with Crippen LogP contribution in [0.3, 0.4) is 0 Å². The lowest BCUT2D eigenvalue weighted by Gasteiger charge is -2.35. The normalized spacial score (nSPS) is 30.3. The van der Waals surface area contributed by atoms with Gasteiger partial charge in [0, 0.05) is 17.7 Å². The average molecular weight is 204 g/mol. The first-order chi connectivity index (χ1) is 7.11. The molecule has 3 rings (SSSR count). The van der Waals surface area contributed by atoms with Gasteiger partial charge in [-0.05, 0) is 32.8 Å². The Morgan fingerprint density at radius 2 is 1.93 bits per heavy atom. The van der Waals surface area contributed by atoms with Crippen molar-refractivity contribution in [3.8, 4) is 0 Å². The van der Waals surface area contributed by atoms with Crippen molar-refractivity contribution < 1.29 is 0 Å². The van der Waals surface area contributed by atoms with Gasteiger partial charge in [-0.3, -0.25) is 0 Å². The van der Waals surface area contributed by atoms with Crippen LogP contribution >= 0.6 is 0 Å². The second-order valence-electron chi connectivity index (χ2n) is 5.81. The van der Waals surface area contributed by atoms with Crippen LogP contribution in [0.4, 0.5) is 0 Å². The van der Waals surface area contributed by atoms with Crippen LogP contribution in [-0.2, 0) is 0 Å². The molecular formula is C13H20N2. The summed E-state index contributed by atoms with van der Waals surface area (Å²) in [6.07, 6.45) is 10.0. The van der Waals surface area contributed by atoms with Crippen molar-refractivity contribution in [2.24, 2.45) is 5.41 Å². The molecule has 2 heterocycles. The Balaban J connectivity index is 1.98. The Morgan fingerprint density at radius 1 is 1.20 bits per heavy atom. The molecule has 3 aliphatic rings. The Labute approximate surface area is 91.8 Å². The summed E-state index contributed by atoms with van der Waals surface area (Å²) < 4.78 is 0. The minimum absolute atomic E-state index is 0.125. The lowest BCUT2D eigenvalue weighted by Crippen LogP contribution is -2.43. The lowest BCUT2D eigenvalue weighted by molar-refractivity contribution is 0.341. The number of dihydropyridines is 1. The summed E-state index contributed by atoms with van der Waals surface area (Å²) >= 11 is 0. The summed E-state index contributed by atoms with van der Waals surface area (Å²) in [4.78, 5) is 0. The predicted molar refractivity (Wildman–Crippen MR) is 62.3 cm³/mol. The highest BCUT2D eigenvalue weighted by molar-refractivity contribution is 5.40. The van der Waals surface area contributed by atoms with Crippen LogP contribution in [0.5, 0.6) is 0 Å². The second kappa shape index (κ2) is 2.81. The first-order valence-electron chi connectivity index (χ1n) is 6.07. The SMILES string of the molecule is CC1(C)C=CC2=C(N1)C1(CCCC1)CN2. The van der Waals surface area contributed by atoms with E-state index in [4.69, 9.17) is 0 Å². The molecule has 82 valence electrons. The van der Waals surface area contributed by atoms with Crippen molar-refractivity contribution >= 4 is 0 Å². The van der Waals surface area contributed by atoms with Crippen LogP contribution in [0.2, 0.25) is 0 Å². The quantitative estimate of drug-likeness (QED) is 0.632. The van der Waals surface area contributed by atoms with Crippen LogP contribution in [0.25, 0.3) is 0 Å². The van der Waals surface area contributed by atoms with E-state index >= 15 is 0 Å². The molecule has 1 aliphatic carbocycles. The van der Waals surface area contributed by atoms with Crippen LogP contribution in [0.15, 0.2) is 23.5 Å². The van der Waals surface area contributed by atoms with E-state index in [2.05, 4.69) is 36.6 Å². The molecular weight excluding hydrogens is 184 g/mol. The monoisotopic (exact) mass is 204 g/mol. The molecule has 1 fully saturated rings. The molecule has 0 aromatic heterocycles. The number of hydrogen-bond acceptors (Lipinski definition) is 2. The number of fused-ring (bicyclic) bond motifs is 1. The van der Waals surface area contributed by atoms with Gasteiger partial charge in [0.15, 0.2) is 0 Å². The second-order valence-corrected chi connectivity index (χ2v) is 5.81. The minimum Gasteiger partial charge on any atom is -0.383 e. The van der Waals surface area contributed by atoms with Crippen LogP contribution in [0.1, 0.15) is 39.5 Å². The predicted octanol–water partition coefficient (Wildman–Crippen LogP) is 2.30. The molecule has 0 bridgehead atoms. The van der Waals surface area contributed by atoms with Gasteiger partial charge >= 0.3 is 0 Å². The summed E-state index contributed by atoms with van der Waals surface area (Å²) in [6, 6.07) is 0. The first-order valence-corrected chi connectivity index (χ1v) is 6.07. The van der Waals surface area contributed by atoms with E-state index in [0.29, 0.717) is 5.41 Å². The zero-order chi connectivity index (χ0) is 10.5. The molecule has 0 amide bonds. The number of hydrogen-bond donors (Lipinski definition) is 2. The summed E-state index contributed by atoms with van der Waals surface area (Å²) in [7, 11) is 0. The molecule has 0 unspecified atom stereocenters. The van der Waals surface area contributed by atoms with Gasteiger partial charge in [-0.2, -0.15) is 0 Å². The smallest absolute Gasteiger partial charge is 0.0537 e. The molecule has 2 aliphatic heterocycles. The van der Waals surface area contributed by atoms with Gasteiger partial charge in [0.05, 0.1) is 11.2 Å². The Bertz CT molecular complexity index is 344. The minimum atomic E-state index is 0.125. The molecule has 0 aromatic rings. The Morgan fingerprint density at radius 3 is 2.67 bits per heavy atom. The van der Waals surface area contributed by atoms with Crippen LogP contribution in [-0.4, -0.2) is 12.1 Å². The summed E-state index contributed by atoms with van der Waals surface area (Å²) in [5, 5.41) is 7.28. The summed E-state index contributed by atoms with van der Waals surface area (Å²) in [5.74, 6) is 0. The molecule has 1 saturated carbocycles. The van der Waals surface area contributed by atoms with E-state index in [1.54, 1.807) is 0 Å². The summed E-state index contributed by atoms with van der Waals surface area (Å²) in [5.41, 5.74) is 3.40. The Kier molecular flexibility index (Phi) is 1.74. The highest BCUT2D eigenvalue weighted by Gasteiger charge is 2.45. The summed E-state index contributed by atoms with van der Waals surface area (Å²) in [6.45, 7) is 5.63. The van der Waals surface area contributed by atoms with Crippen LogP contribution in [0, 0.1) is 5.41 Å². The number of rotatable bonds is 0. The fourth-order valence-electron chi connectivity index (χ4n) is 3.20. The molecule has 2 N–H and O–H groups in total. The van der Waals surface area contributed by atoms with Gasteiger partial charge in [-0.1, -0.05) is 18.9 Å². The molecule has 2 nitrogen and oxygen atoms in total. The van der Waals surface area contributed by atoms with Crippen molar-refractivity contribution in [2.45, 2.75) is 45.1 Å². The Hall–Kier alpha value is -0.920. The molecule has 0 atom stereocenters. The average Bonchev–Trinajstić information content (AvgIpc) is 2.76. The van der Waals surface area contributed by atoms with Gasteiger partial charge in [-0.15, -0.1) is 0 Å². The van der Waals surface area contributed by atoms with Crippen molar-refractivity contribution in [1.29, 1.82) is 0 Å². The van der Waals surface area contributed by atoms with E-state index < -0.39 is 0 Å². The van der Waals surface area contributed by atoms with E-state index in [0.717, 1.165) is 6.54 Å². The van der Waals surface area contributed by atoms with E-state index in [1.807, 2.05) is 0 Å². The third kappa shape index (κ3) is 1.30. The maximum absolute atomic E-state index is 3.72. The van der Waals surface area contributed by atoms with Gasteiger partial charge < -0.3 is 10.6 Å². The topological polar surface area (TPSA) is 24.1 Å². The van der Waals surface area contributed by atoms with Crippen LogP contribution < -0.4 is 10.6 Å². The van der Waals surface area contributed by atoms with Gasteiger partial charge in [0.1, 0.15) is 0 Å². The van der Waals surface area contributed by atoms with Crippen molar-refractivity contribution in [2.75, 3.05) is 6.54 Å². The molecule has 0 saturated heterocycles. The van der Waals surface area contributed by atoms with Gasteiger partial charge in [-0.25, -0.2) is 0 Å². The third-order valence-corrected chi connectivity index (χ3v) is 4.09. The van der Waals surface area contributed by atoms with Crippen molar-refractivity contribution in [1.82, 2.24) is 10.6 Å². The number of nitrogens with one attached hydrogen (secondary N) is 2. The third-order valence-electron chi connectivity index (χ3n) is 4.09. The molecule has 1 spiro atoms. The fraction of sp³-hybridized carbons (Fsp3) is 0.692. The zero-order valence-electron chi connectivity index (χ0n) is 9.69. The largest absolute Gasteiger partial charge is 0.383 e.